The molecule has 4 nitrogen and oxygen atoms in total. The highest BCUT2D eigenvalue weighted by atomic mass is 35.5. The zero-order chi connectivity index (χ0) is 8.72. The van der Waals surface area contributed by atoms with Gasteiger partial charge in [-0.2, -0.15) is 4.98 Å². The van der Waals surface area contributed by atoms with Crippen LogP contribution in [-0.4, -0.2) is 22.4 Å². The average molecular weight is 178 g/mol. The van der Waals surface area contributed by atoms with Crippen LogP contribution in [0, 0.1) is 0 Å². The van der Waals surface area contributed by atoms with E-state index >= 15 is 0 Å². The third-order valence-electron chi connectivity index (χ3n) is 1.54. The van der Waals surface area contributed by atoms with Gasteiger partial charge in [-0.25, -0.2) is 4.98 Å². The van der Waals surface area contributed by atoms with Crippen molar-refractivity contribution >= 4 is 36.6 Å². The standard InChI is InChI=1S/C6H4BClN4/c7-12-2-1-3-4(8)10-6(9)11-5(3)12/h1-2H,(H2,9,10,11). The van der Waals surface area contributed by atoms with Crippen LogP contribution in [0.3, 0.4) is 0 Å². The maximum atomic E-state index is 5.78. The van der Waals surface area contributed by atoms with Gasteiger partial charge in [-0.05, 0) is 12.3 Å². The Morgan fingerprint density at radius 3 is 3.00 bits per heavy atom. The number of rotatable bonds is 0. The van der Waals surface area contributed by atoms with Crippen LogP contribution in [0.15, 0.2) is 12.3 Å². The van der Waals surface area contributed by atoms with Crippen LogP contribution in [0.1, 0.15) is 0 Å². The lowest BCUT2D eigenvalue weighted by Gasteiger charge is -1.97. The van der Waals surface area contributed by atoms with Gasteiger partial charge in [0.2, 0.25) is 13.9 Å². The van der Waals surface area contributed by atoms with E-state index in [2.05, 4.69) is 9.97 Å². The molecule has 0 aliphatic rings. The Morgan fingerprint density at radius 1 is 1.50 bits per heavy atom. The fraction of sp³-hybridized carbons (Fsp3) is 0. The van der Waals surface area contributed by atoms with Crippen molar-refractivity contribution in [3.8, 4) is 0 Å². The molecule has 0 spiro atoms. The monoisotopic (exact) mass is 178 g/mol. The fourth-order valence-corrected chi connectivity index (χ4v) is 1.25. The minimum absolute atomic E-state index is 0.123. The molecule has 58 valence electrons. The molecular weight excluding hydrogens is 174 g/mol. The second-order valence-electron chi connectivity index (χ2n) is 2.33. The van der Waals surface area contributed by atoms with Crippen molar-refractivity contribution in [2.45, 2.75) is 0 Å². The van der Waals surface area contributed by atoms with Gasteiger partial charge in [0.05, 0.1) is 5.39 Å². The second-order valence-corrected chi connectivity index (χ2v) is 2.69. The van der Waals surface area contributed by atoms with Gasteiger partial charge in [-0.1, -0.05) is 11.6 Å². The number of nitrogens with two attached hydrogens (primary N) is 1. The Labute approximate surface area is 74.8 Å². The first-order valence-electron chi connectivity index (χ1n) is 3.23. The molecule has 0 unspecified atom stereocenters. The van der Waals surface area contributed by atoms with Crippen LogP contribution in [-0.2, 0) is 0 Å². The van der Waals surface area contributed by atoms with Crippen molar-refractivity contribution in [1.82, 2.24) is 14.4 Å². The van der Waals surface area contributed by atoms with E-state index in [0.29, 0.717) is 16.2 Å². The summed E-state index contributed by atoms with van der Waals surface area (Å²) in [6, 6.07) is 1.73. The summed E-state index contributed by atoms with van der Waals surface area (Å²) in [5.41, 5.74) is 5.91. The van der Waals surface area contributed by atoms with Crippen molar-refractivity contribution in [2.75, 3.05) is 5.73 Å². The first kappa shape index (κ1) is 7.43. The largest absolute Gasteiger partial charge is 0.388 e. The molecule has 0 bridgehead atoms. The lowest BCUT2D eigenvalue weighted by Crippen LogP contribution is -1.98. The molecule has 2 aromatic heterocycles. The van der Waals surface area contributed by atoms with E-state index in [4.69, 9.17) is 25.3 Å². The molecule has 2 aromatic rings. The Hall–Kier alpha value is -1.23. The predicted molar refractivity (Wildman–Crippen MR) is 48.1 cm³/mol. The van der Waals surface area contributed by atoms with E-state index in [1.165, 1.54) is 4.48 Å². The highest BCUT2D eigenvalue weighted by Crippen LogP contribution is 2.20. The maximum Gasteiger partial charge on any atom is 0.236 e. The fourth-order valence-electron chi connectivity index (χ4n) is 1.01. The minimum Gasteiger partial charge on any atom is -0.388 e. The van der Waals surface area contributed by atoms with Gasteiger partial charge in [0.1, 0.15) is 10.8 Å². The molecule has 0 aliphatic carbocycles. The number of hydrogen-bond acceptors (Lipinski definition) is 3. The SMILES string of the molecule is [B]n1ccc2c(Cl)nc(N)nc21. The van der Waals surface area contributed by atoms with Crippen molar-refractivity contribution in [3.63, 3.8) is 0 Å². The third kappa shape index (κ3) is 0.938. The third-order valence-corrected chi connectivity index (χ3v) is 1.83. The molecule has 6 heteroatoms. The first-order valence-corrected chi connectivity index (χ1v) is 3.61. The smallest absolute Gasteiger partial charge is 0.236 e. The van der Waals surface area contributed by atoms with E-state index in [1.54, 1.807) is 12.3 Å². The molecule has 0 saturated carbocycles. The van der Waals surface area contributed by atoms with Crippen molar-refractivity contribution in [3.05, 3.63) is 17.4 Å². The summed E-state index contributed by atoms with van der Waals surface area (Å²) in [6.07, 6.45) is 1.64. The van der Waals surface area contributed by atoms with Gasteiger partial charge in [-0.3, -0.25) is 0 Å². The van der Waals surface area contributed by atoms with E-state index in [-0.39, 0.29) is 5.95 Å². The van der Waals surface area contributed by atoms with Crippen LogP contribution in [0.4, 0.5) is 5.95 Å². The topological polar surface area (TPSA) is 56.7 Å². The second kappa shape index (κ2) is 2.38. The van der Waals surface area contributed by atoms with Crippen molar-refractivity contribution in [1.29, 1.82) is 0 Å². The zero-order valence-electron chi connectivity index (χ0n) is 6.03. The number of hydrogen-bond donors (Lipinski definition) is 1. The zero-order valence-corrected chi connectivity index (χ0v) is 6.78. The number of halogens is 1. The van der Waals surface area contributed by atoms with Gasteiger partial charge in [0.15, 0.2) is 0 Å². The molecule has 2 rings (SSSR count). The molecule has 0 saturated heterocycles. The Bertz CT molecular complexity index is 438. The summed E-state index contributed by atoms with van der Waals surface area (Å²) in [5, 5.41) is 1.02. The van der Waals surface area contributed by atoms with Crippen molar-refractivity contribution < 1.29 is 0 Å². The van der Waals surface area contributed by atoms with E-state index in [9.17, 15) is 0 Å². The lowest BCUT2D eigenvalue weighted by molar-refractivity contribution is 1.18. The molecule has 12 heavy (non-hydrogen) atoms. The summed E-state index contributed by atoms with van der Waals surface area (Å²) < 4.78 is 1.35. The summed E-state index contributed by atoms with van der Waals surface area (Å²) in [5.74, 6) is 0.123. The Balaban J connectivity index is 2.92. The normalized spacial score (nSPS) is 10.8. The molecule has 2 heterocycles. The van der Waals surface area contributed by atoms with Crippen LogP contribution in [0.25, 0.3) is 11.0 Å². The molecule has 0 aromatic carbocycles. The maximum absolute atomic E-state index is 5.78. The molecule has 2 radical (unpaired) electrons. The van der Waals surface area contributed by atoms with Crippen LogP contribution in [0.5, 0.6) is 0 Å². The Kier molecular flexibility index (Phi) is 1.47. The van der Waals surface area contributed by atoms with E-state index in [0.717, 1.165) is 0 Å². The van der Waals surface area contributed by atoms with Gasteiger partial charge >= 0.3 is 0 Å². The average Bonchev–Trinajstić information content (AvgIpc) is 2.33. The molecule has 2 N–H and O–H groups in total. The first-order chi connectivity index (χ1) is 5.68. The number of nitrogen functional groups attached to an aromatic ring is 1. The quantitative estimate of drug-likeness (QED) is 0.475. The lowest BCUT2D eigenvalue weighted by atomic mass is 10.4. The Morgan fingerprint density at radius 2 is 2.25 bits per heavy atom. The van der Waals surface area contributed by atoms with Crippen LogP contribution >= 0.6 is 11.6 Å². The van der Waals surface area contributed by atoms with Crippen LogP contribution < -0.4 is 5.73 Å². The summed E-state index contributed by atoms with van der Waals surface area (Å²) in [4.78, 5) is 7.69. The molecular formula is C6H4BClN4. The number of anilines is 1. The number of nitrogens with zero attached hydrogens (tertiary/aromatic N) is 3. The van der Waals surface area contributed by atoms with Gasteiger partial charge in [0.25, 0.3) is 0 Å². The highest BCUT2D eigenvalue weighted by Gasteiger charge is 2.05. The van der Waals surface area contributed by atoms with Gasteiger partial charge in [0, 0.05) is 0 Å². The van der Waals surface area contributed by atoms with E-state index < -0.39 is 0 Å². The van der Waals surface area contributed by atoms with Gasteiger partial charge in [-0.15, -0.1) is 0 Å². The van der Waals surface area contributed by atoms with Crippen LogP contribution in [0.2, 0.25) is 5.15 Å². The summed E-state index contributed by atoms with van der Waals surface area (Å²) in [6.45, 7) is 0. The molecule has 0 amide bonds. The summed E-state index contributed by atoms with van der Waals surface area (Å²) in [7, 11) is 5.53. The molecule has 0 atom stereocenters. The molecule has 0 fully saturated rings. The van der Waals surface area contributed by atoms with Crippen molar-refractivity contribution in [2.24, 2.45) is 0 Å². The predicted octanol–water partition coefficient (Wildman–Crippen LogP) is 0.598. The summed E-state index contributed by atoms with van der Waals surface area (Å²) >= 11 is 5.78. The molecule has 0 aliphatic heterocycles. The van der Waals surface area contributed by atoms with Gasteiger partial charge < -0.3 is 10.2 Å². The number of fused-ring (bicyclic) bond motifs is 1. The van der Waals surface area contributed by atoms with E-state index in [1.807, 2.05) is 0 Å². The number of aromatic nitrogens is 3. The minimum atomic E-state index is 0.123. The highest BCUT2D eigenvalue weighted by molar-refractivity contribution is 6.34.